The summed E-state index contributed by atoms with van der Waals surface area (Å²) < 4.78 is 6.65. The van der Waals surface area contributed by atoms with Gasteiger partial charge in [-0.15, -0.1) is 9.71 Å². The molecule has 0 aliphatic carbocycles. The summed E-state index contributed by atoms with van der Waals surface area (Å²) in [4.78, 5) is 12.6. The van der Waals surface area contributed by atoms with Crippen LogP contribution in [0, 0.1) is 0 Å². The SMILES string of the molecule is CCOC(=O)C1C[N+](c2c(Cl)cc(Cl)cc2Cl)=NN1c1c(Cl)cc(Cl)cc1Cl. The molecule has 1 atom stereocenters. The second-order valence-electron chi connectivity index (χ2n) is 5.72. The second-order valence-corrected chi connectivity index (χ2v) is 8.22. The van der Waals surface area contributed by atoms with Gasteiger partial charge in [-0.1, -0.05) is 69.6 Å². The van der Waals surface area contributed by atoms with Gasteiger partial charge in [-0.3, -0.25) is 0 Å². The van der Waals surface area contributed by atoms with Crippen molar-refractivity contribution in [2.45, 2.75) is 13.0 Å². The Labute approximate surface area is 191 Å². The number of carbonyl (C=O) groups excluding carboxylic acids is 1. The Balaban J connectivity index is 2.13. The predicted octanol–water partition coefficient (Wildman–Crippen LogP) is 7.07. The number of esters is 1. The van der Waals surface area contributed by atoms with Crippen LogP contribution in [0.4, 0.5) is 11.4 Å². The molecule has 0 N–H and O–H groups in total. The molecule has 1 aliphatic rings. The molecule has 1 aliphatic heterocycles. The quantitative estimate of drug-likeness (QED) is 0.332. The van der Waals surface area contributed by atoms with Gasteiger partial charge < -0.3 is 4.74 Å². The molecule has 5 nitrogen and oxygen atoms in total. The number of hydrogen-bond acceptors (Lipinski definition) is 4. The van der Waals surface area contributed by atoms with Crippen LogP contribution in [0.3, 0.4) is 0 Å². The van der Waals surface area contributed by atoms with Crippen molar-refractivity contribution in [2.75, 3.05) is 18.2 Å². The maximum atomic E-state index is 12.6. The molecule has 1 unspecified atom stereocenters. The average molecular weight is 503 g/mol. The van der Waals surface area contributed by atoms with E-state index in [1.165, 1.54) is 34.0 Å². The van der Waals surface area contributed by atoms with Gasteiger partial charge in [0.25, 0.3) is 6.04 Å². The van der Waals surface area contributed by atoms with E-state index >= 15 is 0 Å². The molecule has 2 aromatic rings. The zero-order valence-corrected chi connectivity index (χ0v) is 18.8. The Morgan fingerprint density at radius 3 is 2.04 bits per heavy atom. The summed E-state index contributed by atoms with van der Waals surface area (Å²) in [6.07, 6.45) is 0. The first-order valence-corrected chi connectivity index (χ1v) is 10.2. The molecule has 148 valence electrons. The molecule has 3 rings (SSSR count). The lowest BCUT2D eigenvalue weighted by molar-refractivity contribution is -0.498. The molecule has 0 bridgehead atoms. The van der Waals surface area contributed by atoms with Crippen molar-refractivity contribution in [2.24, 2.45) is 5.22 Å². The van der Waals surface area contributed by atoms with Crippen molar-refractivity contribution in [1.29, 1.82) is 0 Å². The second kappa shape index (κ2) is 8.82. The van der Waals surface area contributed by atoms with Gasteiger partial charge in [0.1, 0.15) is 0 Å². The van der Waals surface area contributed by atoms with Crippen LogP contribution in [0.5, 0.6) is 0 Å². The first-order valence-electron chi connectivity index (χ1n) is 7.97. The van der Waals surface area contributed by atoms with Crippen molar-refractivity contribution in [1.82, 2.24) is 0 Å². The molecule has 0 amide bonds. The van der Waals surface area contributed by atoms with Gasteiger partial charge in [0.2, 0.25) is 0 Å². The molecule has 0 spiro atoms. The van der Waals surface area contributed by atoms with Crippen molar-refractivity contribution in [3.8, 4) is 0 Å². The van der Waals surface area contributed by atoms with Crippen LogP contribution in [-0.2, 0) is 9.53 Å². The van der Waals surface area contributed by atoms with Gasteiger partial charge in [0, 0.05) is 10.0 Å². The lowest BCUT2D eigenvalue weighted by atomic mass is 10.2. The highest BCUT2D eigenvalue weighted by Crippen LogP contribution is 2.42. The molecule has 0 saturated heterocycles. The number of nitrogens with zero attached hydrogens (tertiary/aromatic N) is 3. The average Bonchev–Trinajstić information content (AvgIpc) is 2.97. The van der Waals surface area contributed by atoms with Crippen LogP contribution in [0.2, 0.25) is 30.1 Å². The van der Waals surface area contributed by atoms with Crippen LogP contribution in [-0.4, -0.2) is 29.9 Å². The third kappa shape index (κ3) is 4.30. The van der Waals surface area contributed by atoms with Crippen LogP contribution >= 0.6 is 69.6 Å². The largest absolute Gasteiger partial charge is 0.463 e. The van der Waals surface area contributed by atoms with Crippen LogP contribution in [0.1, 0.15) is 6.92 Å². The molecule has 0 radical (unpaired) electrons. The van der Waals surface area contributed by atoms with Crippen LogP contribution in [0.25, 0.3) is 0 Å². The van der Waals surface area contributed by atoms with Crippen molar-refractivity contribution < 1.29 is 14.2 Å². The molecule has 1 heterocycles. The standard InChI is InChI=1S/C17H12Cl6N3O2/c1-2-28-17(27)14-7-25(15-10(20)3-8(18)4-11(15)21)24-26(14)16-12(22)5-9(19)6-13(16)23/h3-6,14H,2,7H2,1H3/q+1. The molecule has 0 aromatic heterocycles. The highest BCUT2D eigenvalue weighted by Gasteiger charge is 2.46. The molecule has 2 aromatic carbocycles. The summed E-state index contributed by atoms with van der Waals surface area (Å²) >= 11 is 37.2. The summed E-state index contributed by atoms with van der Waals surface area (Å²) in [5.74, 6) is -0.503. The zero-order chi connectivity index (χ0) is 20.6. The van der Waals surface area contributed by atoms with Crippen molar-refractivity contribution in [3.05, 3.63) is 54.4 Å². The van der Waals surface area contributed by atoms with E-state index in [1.807, 2.05) is 0 Å². The Kier molecular flexibility index (Phi) is 6.85. The molecular formula is C17H12Cl6N3O2+. The van der Waals surface area contributed by atoms with E-state index in [2.05, 4.69) is 5.22 Å². The van der Waals surface area contributed by atoms with E-state index in [0.29, 0.717) is 21.4 Å². The fraction of sp³-hybridized carbons (Fsp3) is 0.235. The number of rotatable bonds is 4. The first kappa shape index (κ1) is 21.8. The van der Waals surface area contributed by atoms with Crippen LogP contribution in [0.15, 0.2) is 29.5 Å². The Morgan fingerprint density at radius 2 is 1.54 bits per heavy atom. The third-order valence-electron chi connectivity index (χ3n) is 3.85. The summed E-state index contributed by atoms with van der Waals surface area (Å²) in [7, 11) is 0. The Hall–Kier alpha value is -0.950. The smallest absolute Gasteiger partial charge is 0.358 e. The van der Waals surface area contributed by atoms with Gasteiger partial charge in [-0.05, 0) is 31.2 Å². The fourth-order valence-corrected chi connectivity index (χ4v) is 4.74. The maximum Gasteiger partial charge on any atom is 0.358 e. The van der Waals surface area contributed by atoms with Crippen LogP contribution < -0.4 is 5.01 Å². The van der Waals surface area contributed by atoms with Gasteiger partial charge >= 0.3 is 5.97 Å². The predicted molar refractivity (Wildman–Crippen MR) is 113 cm³/mol. The third-order valence-corrected chi connectivity index (χ3v) is 5.44. The zero-order valence-electron chi connectivity index (χ0n) is 14.2. The van der Waals surface area contributed by atoms with E-state index in [4.69, 9.17) is 74.3 Å². The summed E-state index contributed by atoms with van der Waals surface area (Å²) in [5, 5.41) is 7.57. The highest BCUT2D eigenvalue weighted by atomic mass is 35.5. The van der Waals surface area contributed by atoms with Gasteiger partial charge in [-0.25, -0.2) is 4.79 Å². The number of benzene rings is 2. The molecule has 0 fully saturated rings. The number of carbonyl (C=O) groups is 1. The van der Waals surface area contributed by atoms with E-state index in [1.54, 1.807) is 6.92 Å². The lowest BCUT2D eigenvalue weighted by Crippen LogP contribution is -2.39. The number of hydrogen-bond donors (Lipinski definition) is 0. The minimum Gasteiger partial charge on any atom is -0.463 e. The Bertz CT molecular complexity index is 935. The van der Waals surface area contributed by atoms with Crippen molar-refractivity contribution >= 4 is 86.9 Å². The number of anilines is 1. The highest BCUT2D eigenvalue weighted by molar-refractivity contribution is 6.42. The van der Waals surface area contributed by atoms with Gasteiger partial charge in [-0.2, -0.15) is 0 Å². The normalized spacial score (nSPS) is 16.3. The number of ether oxygens (including phenoxy) is 1. The molecule has 28 heavy (non-hydrogen) atoms. The number of halogens is 6. The minimum atomic E-state index is -0.834. The lowest BCUT2D eigenvalue weighted by Gasteiger charge is -2.15. The summed E-state index contributed by atoms with van der Waals surface area (Å²) in [5.41, 5.74) is 0.709. The van der Waals surface area contributed by atoms with E-state index in [-0.39, 0.29) is 33.2 Å². The topological polar surface area (TPSA) is 44.9 Å². The molecular weight excluding hydrogens is 491 g/mol. The maximum absolute atomic E-state index is 12.6. The minimum absolute atomic E-state index is 0.106. The molecule has 0 saturated carbocycles. The van der Waals surface area contributed by atoms with E-state index < -0.39 is 12.0 Å². The van der Waals surface area contributed by atoms with E-state index in [9.17, 15) is 4.79 Å². The summed E-state index contributed by atoms with van der Waals surface area (Å²) in [6.45, 7) is 2.02. The van der Waals surface area contributed by atoms with Crippen molar-refractivity contribution in [3.63, 3.8) is 0 Å². The van der Waals surface area contributed by atoms with Gasteiger partial charge in [0.05, 0.1) is 31.9 Å². The summed E-state index contributed by atoms with van der Waals surface area (Å²) in [6, 6.07) is 5.24. The fourth-order valence-electron chi connectivity index (χ4n) is 2.74. The Morgan fingerprint density at radius 1 is 1.04 bits per heavy atom. The van der Waals surface area contributed by atoms with Gasteiger partial charge in [0.15, 0.2) is 17.9 Å². The van der Waals surface area contributed by atoms with E-state index in [0.717, 1.165) is 0 Å². The molecule has 11 heteroatoms. The monoisotopic (exact) mass is 500 g/mol. The first-order chi connectivity index (χ1) is 13.2.